The zero-order chi connectivity index (χ0) is 24.6. The third kappa shape index (κ3) is 6.21. The first-order valence-corrected chi connectivity index (χ1v) is 12.1. The molecule has 1 N–H and O–H groups in total. The number of imidazole rings is 1. The molecule has 4 aromatic rings. The molecular weight excluding hydrogens is 438 g/mol. The zero-order valence-corrected chi connectivity index (χ0v) is 20.7. The van der Waals surface area contributed by atoms with Crippen LogP contribution in [-0.4, -0.2) is 35.7 Å². The van der Waals surface area contributed by atoms with Crippen molar-refractivity contribution in [1.82, 2.24) is 14.9 Å². The fourth-order valence-electron chi connectivity index (χ4n) is 4.15. The van der Waals surface area contributed by atoms with Gasteiger partial charge in [-0.3, -0.25) is 4.79 Å². The number of carbonyl (C=O) groups is 1. The highest BCUT2D eigenvalue weighted by molar-refractivity contribution is 5.94. The lowest BCUT2D eigenvalue weighted by atomic mass is 10.1. The minimum atomic E-state index is -0.0963. The lowest BCUT2D eigenvalue weighted by molar-refractivity contribution is 0.0952. The number of amides is 1. The SMILES string of the molecule is COc1cccc(C(=O)NCCCc2nc3ccccc3n2CCCOc2cc(C)ccc2C)c1. The van der Waals surface area contributed by atoms with Gasteiger partial charge in [0.05, 0.1) is 24.8 Å². The second-order valence-electron chi connectivity index (χ2n) is 8.73. The molecule has 0 spiro atoms. The standard InChI is InChI=1S/C29H33N3O3/c1-21-14-15-22(2)27(19-21)35-18-8-17-32-26-12-5-4-11-25(26)31-28(32)13-7-16-30-29(33)23-9-6-10-24(20-23)34-3/h4-6,9-12,14-15,19-20H,7-8,13,16-18H2,1-3H3,(H,30,33). The van der Waals surface area contributed by atoms with Crippen molar-refractivity contribution in [3.8, 4) is 11.5 Å². The second kappa shape index (κ2) is 11.6. The van der Waals surface area contributed by atoms with Crippen LogP contribution in [0, 0.1) is 13.8 Å². The van der Waals surface area contributed by atoms with Gasteiger partial charge in [0.1, 0.15) is 17.3 Å². The van der Waals surface area contributed by atoms with Gasteiger partial charge in [0.15, 0.2) is 0 Å². The molecule has 0 aliphatic carbocycles. The molecule has 6 heteroatoms. The lowest BCUT2D eigenvalue weighted by Gasteiger charge is -2.12. The fourth-order valence-corrected chi connectivity index (χ4v) is 4.15. The Balaban J connectivity index is 1.33. The van der Waals surface area contributed by atoms with E-state index in [1.165, 1.54) is 5.56 Å². The van der Waals surface area contributed by atoms with Crippen LogP contribution in [0.1, 0.15) is 40.2 Å². The Morgan fingerprint density at radius 3 is 2.71 bits per heavy atom. The normalized spacial score (nSPS) is 10.9. The highest BCUT2D eigenvalue weighted by atomic mass is 16.5. The highest BCUT2D eigenvalue weighted by Crippen LogP contribution is 2.21. The topological polar surface area (TPSA) is 65.4 Å². The van der Waals surface area contributed by atoms with Crippen LogP contribution in [0.4, 0.5) is 0 Å². The van der Waals surface area contributed by atoms with Crippen LogP contribution in [0.2, 0.25) is 0 Å². The Morgan fingerprint density at radius 1 is 1.00 bits per heavy atom. The number of aryl methyl sites for hydroxylation is 4. The van der Waals surface area contributed by atoms with Gasteiger partial charge in [-0.15, -0.1) is 0 Å². The lowest BCUT2D eigenvalue weighted by Crippen LogP contribution is -2.25. The molecule has 0 atom stereocenters. The number of rotatable bonds is 11. The highest BCUT2D eigenvalue weighted by Gasteiger charge is 2.11. The summed E-state index contributed by atoms with van der Waals surface area (Å²) in [5, 5.41) is 3.00. The third-order valence-electron chi connectivity index (χ3n) is 6.06. The van der Waals surface area contributed by atoms with Gasteiger partial charge in [-0.05, 0) is 74.2 Å². The minimum Gasteiger partial charge on any atom is -0.497 e. The molecule has 1 heterocycles. The molecule has 0 aliphatic rings. The van der Waals surface area contributed by atoms with Gasteiger partial charge in [-0.1, -0.05) is 30.3 Å². The number of methoxy groups -OCH3 is 1. The Labute approximate surface area is 206 Å². The van der Waals surface area contributed by atoms with E-state index < -0.39 is 0 Å². The van der Waals surface area contributed by atoms with E-state index in [0.29, 0.717) is 24.5 Å². The number of nitrogens with zero attached hydrogens (tertiary/aromatic N) is 2. The summed E-state index contributed by atoms with van der Waals surface area (Å²) in [7, 11) is 1.60. The maximum atomic E-state index is 12.5. The van der Waals surface area contributed by atoms with Crippen molar-refractivity contribution in [2.45, 2.75) is 39.7 Å². The predicted molar refractivity (Wildman–Crippen MR) is 139 cm³/mol. The summed E-state index contributed by atoms with van der Waals surface area (Å²) < 4.78 is 13.6. The first-order valence-electron chi connectivity index (χ1n) is 12.1. The Morgan fingerprint density at radius 2 is 1.86 bits per heavy atom. The van der Waals surface area contributed by atoms with Gasteiger partial charge in [-0.2, -0.15) is 0 Å². The van der Waals surface area contributed by atoms with Crippen LogP contribution in [0.3, 0.4) is 0 Å². The van der Waals surface area contributed by atoms with Crippen molar-refractivity contribution in [2.75, 3.05) is 20.3 Å². The Hall–Kier alpha value is -3.80. The van der Waals surface area contributed by atoms with Gasteiger partial charge in [0.25, 0.3) is 5.91 Å². The third-order valence-corrected chi connectivity index (χ3v) is 6.06. The van der Waals surface area contributed by atoms with Crippen LogP contribution >= 0.6 is 0 Å². The Bertz CT molecular complexity index is 1300. The summed E-state index contributed by atoms with van der Waals surface area (Å²) in [4.78, 5) is 17.3. The number of benzene rings is 3. The van der Waals surface area contributed by atoms with E-state index in [4.69, 9.17) is 14.5 Å². The molecule has 4 rings (SSSR count). The van der Waals surface area contributed by atoms with Crippen molar-refractivity contribution in [3.63, 3.8) is 0 Å². The van der Waals surface area contributed by atoms with Crippen LogP contribution in [-0.2, 0) is 13.0 Å². The van der Waals surface area contributed by atoms with Crippen molar-refractivity contribution in [2.24, 2.45) is 0 Å². The fraction of sp³-hybridized carbons (Fsp3) is 0.310. The molecule has 3 aromatic carbocycles. The molecule has 0 bridgehead atoms. The molecule has 1 amide bonds. The summed E-state index contributed by atoms with van der Waals surface area (Å²) in [6.07, 6.45) is 2.47. The van der Waals surface area contributed by atoms with Crippen LogP contribution < -0.4 is 14.8 Å². The number of aromatic nitrogens is 2. The molecule has 35 heavy (non-hydrogen) atoms. The maximum absolute atomic E-state index is 12.5. The number of carbonyl (C=O) groups excluding carboxylic acids is 1. The van der Waals surface area contributed by atoms with E-state index in [0.717, 1.165) is 54.0 Å². The van der Waals surface area contributed by atoms with Gasteiger partial charge >= 0.3 is 0 Å². The molecule has 0 fully saturated rings. The van der Waals surface area contributed by atoms with E-state index >= 15 is 0 Å². The van der Waals surface area contributed by atoms with Crippen LogP contribution in [0.25, 0.3) is 11.0 Å². The number of para-hydroxylation sites is 2. The molecular formula is C29H33N3O3. The van der Waals surface area contributed by atoms with Gasteiger partial charge in [0.2, 0.25) is 0 Å². The molecule has 1 aromatic heterocycles. The molecule has 0 saturated carbocycles. The van der Waals surface area contributed by atoms with E-state index in [9.17, 15) is 4.79 Å². The smallest absolute Gasteiger partial charge is 0.251 e. The number of nitrogens with one attached hydrogen (secondary N) is 1. The average Bonchev–Trinajstić information content (AvgIpc) is 3.23. The van der Waals surface area contributed by atoms with Crippen LogP contribution in [0.15, 0.2) is 66.7 Å². The van der Waals surface area contributed by atoms with Crippen LogP contribution in [0.5, 0.6) is 11.5 Å². The number of hydrogen-bond donors (Lipinski definition) is 1. The number of hydrogen-bond acceptors (Lipinski definition) is 4. The van der Waals surface area contributed by atoms with Gasteiger partial charge in [0, 0.05) is 25.1 Å². The molecule has 182 valence electrons. The quantitative estimate of drug-likeness (QED) is 0.294. The first-order chi connectivity index (χ1) is 17.0. The molecule has 0 radical (unpaired) electrons. The van der Waals surface area contributed by atoms with E-state index in [1.54, 1.807) is 19.2 Å². The van der Waals surface area contributed by atoms with E-state index in [-0.39, 0.29) is 5.91 Å². The zero-order valence-electron chi connectivity index (χ0n) is 20.7. The molecule has 0 unspecified atom stereocenters. The monoisotopic (exact) mass is 471 g/mol. The van der Waals surface area contributed by atoms with Crippen molar-refractivity contribution in [1.29, 1.82) is 0 Å². The molecule has 0 saturated heterocycles. The van der Waals surface area contributed by atoms with Crippen molar-refractivity contribution in [3.05, 3.63) is 89.2 Å². The summed E-state index contributed by atoms with van der Waals surface area (Å²) in [6, 6.07) is 21.7. The summed E-state index contributed by atoms with van der Waals surface area (Å²) in [5.41, 5.74) is 5.08. The van der Waals surface area contributed by atoms with Crippen molar-refractivity contribution >= 4 is 16.9 Å². The summed E-state index contributed by atoms with van der Waals surface area (Å²) in [5.74, 6) is 2.56. The maximum Gasteiger partial charge on any atom is 0.251 e. The van der Waals surface area contributed by atoms with Gasteiger partial charge < -0.3 is 19.4 Å². The van der Waals surface area contributed by atoms with E-state index in [1.807, 2.05) is 30.3 Å². The second-order valence-corrected chi connectivity index (χ2v) is 8.73. The largest absolute Gasteiger partial charge is 0.497 e. The number of fused-ring (bicyclic) bond motifs is 1. The summed E-state index contributed by atoms with van der Waals surface area (Å²) >= 11 is 0. The average molecular weight is 472 g/mol. The molecule has 6 nitrogen and oxygen atoms in total. The molecule has 0 aliphatic heterocycles. The minimum absolute atomic E-state index is 0.0963. The first kappa shape index (κ1) is 24.3. The summed E-state index contributed by atoms with van der Waals surface area (Å²) in [6.45, 7) is 6.21. The predicted octanol–water partition coefficient (Wildman–Crippen LogP) is 5.49. The van der Waals surface area contributed by atoms with E-state index in [2.05, 4.69) is 48.0 Å². The Kier molecular flexibility index (Phi) is 8.03. The number of ether oxygens (including phenoxy) is 2. The van der Waals surface area contributed by atoms with Gasteiger partial charge in [-0.25, -0.2) is 4.98 Å². The van der Waals surface area contributed by atoms with Crippen molar-refractivity contribution < 1.29 is 14.3 Å².